The summed E-state index contributed by atoms with van der Waals surface area (Å²) < 4.78 is 10.3. The summed E-state index contributed by atoms with van der Waals surface area (Å²) in [5.41, 5.74) is 1.62. The molecule has 0 aliphatic heterocycles. The van der Waals surface area contributed by atoms with Gasteiger partial charge in [0.2, 0.25) is 0 Å². The van der Waals surface area contributed by atoms with E-state index >= 15 is 0 Å². The number of urea groups is 1. The first kappa shape index (κ1) is 16.5. The SMILES string of the molecule is COc1cc(NC(=O)NCCc2ccc(O)cc2)cc(OC)c1. The van der Waals surface area contributed by atoms with Crippen LogP contribution in [0.3, 0.4) is 0 Å². The van der Waals surface area contributed by atoms with Crippen molar-refractivity contribution in [1.29, 1.82) is 0 Å². The first-order valence-electron chi connectivity index (χ1n) is 7.16. The van der Waals surface area contributed by atoms with Crippen LogP contribution in [0.4, 0.5) is 10.5 Å². The fraction of sp³-hybridized carbons (Fsp3) is 0.235. The fourth-order valence-corrected chi connectivity index (χ4v) is 2.04. The molecule has 0 atom stereocenters. The number of anilines is 1. The Kier molecular flexibility index (Phi) is 5.68. The van der Waals surface area contributed by atoms with Crippen LogP contribution in [-0.2, 0) is 6.42 Å². The van der Waals surface area contributed by atoms with Crippen LogP contribution in [-0.4, -0.2) is 31.9 Å². The van der Waals surface area contributed by atoms with Crippen molar-refractivity contribution in [3.8, 4) is 17.2 Å². The first-order chi connectivity index (χ1) is 11.1. The molecule has 6 nitrogen and oxygen atoms in total. The number of amides is 2. The number of benzene rings is 2. The molecule has 0 fully saturated rings. The van der Waals surface area contributed by atoms with Gasteiger partial charge in [-0.25, -0.2) is 4.79 Å². The van der Waals surface area contributed by atoms with E-state index in [1.165, 1.54) is 0 Å². The number of rotatable bonds is 6. The average molecular weight is 316 g/mol. The molecule has 3 N–H and O–H groups in total. The van der Waals surface area contributed by atoms with E-state index in [1.54, 1.807) is 44.6 Å². The molecule has 23 heavy (non-hydrogen) atoms. The Morgan fingerprint density at radius 3 is 2.22 bits per heavy atom. The van der Waals surface area contributed by atoms with Crippen LogP contribution in [0, 0.1) is 0 Å². The zero-order chi connectivity index (χ0) is 16.7. The maximum absolute atomic E-state index is 11.9. The van der Waals surface area contributed by atoms with Gasteiger partial charge in [0.05, 0.1) is 14.2 Å². The van der Waals surface area contributed by atoms with Crippen molar-refractivity contribution in [1.82, 2.24) is 5.32 Å². The molecule has 0 saturated carbocycles. The molecular formula is C17H20N2O4. The molecule has 0 heterocycles. The molecule has 0 unspecified atom stereocenters. The van der Waals surface area contributed by atoms with Crippen LogP contribution in [0.25, 0.3) is 0 Å². The van der Waals surface area contributed by atoms with Crippen molar-refractivity contribution in [3.63, 3.8) is 0 Å². The van der Waals surface area contributed by atoms with Crippen molar-refractivity contribution in [2.24, 2.45) is 0 Å². The second-order valence-electron chi connectivity index (χ2n) is 4.90. The minimum absolute atomic E-state index is 0.228. The van der Waals surface area contributed by atoms with Crippen molar-refractivity contribution < 1.29 is 19.4 Å². The number of hydrogen-bond donors (Lipinski definition) is 3. The van der Waals surface area contributed by atoms with Crippen LogP contribution >= 0.6 is 0 Å². The number of phenolic OH excluding ortho intramolecular Hbond substituents is 1. The van der Waals surface area contributed by atoms with E-state index < -0.39 is 0 Å². The fourth-order valence-electron chi connectivity index (χ4n) is 2.04. The van der Waals surface area contributed by atoms with Gasteiger partial charge in [-0.2, -0.15) is 0 Å². The van der Waals surface area contributed by atoms with Gasteiger partial charge in [-0.1, -0.05) is 12.1 Å². The molecule has 0 saturated heterocycles. The van der Waals surface area contributed by atoms with Crippen molar-refractivity contribution in [2.45, 2.75) is 6.42 Å². The summed E-state index contributed by atoms with van der Waals surface area (Å²) in [6.07, 6.45) is 0.676. The molecule has 0 aromatic heterocycles. The number of hydrogen-bond acceptors (Lipinski definition) is 4. The van der Waals surface area contributed by atoms with Gasteiger partial charge < -0.3 is 25.2 Å². The zero-order valence-electron chi connectivity index (χ0n) is 13.1. The number of aromatic hydroxyl groups is 1. The van der Waals surface area contributed by atoms with Gasteiger partial charge >= 0.3 is 6.03 Å². The summed E-state index contributed by atoms with van der Waals surface area (Å²) in [7, 11) is 3.10. The number of phenols is 1. The summed E-state index contributed by atoms with van der Waals surface area (Å²) in [5.74, 6) is 1.43. The van der Waals surface area contributed by atoms with Crippen molar-refractivity contribution in [2.75, 3.05) is 26.1 Å². The molecule has 2 amide bonds. The van der Waals surface area contributed by atoms with E-state index in [4.69, 9.17) is 9.47 Å². The van der Waals surface area contributed by atoms with E-state index in [2.05, 4.69) is 10.6 Å². The van der Waals surface area contributed by atoms with Gasteiger partial charge in [0.15, 0.2) is 0 Å². The summed E-state index contributed by atoms with van der Waals surface area (Å²) in [6, 6.07) is 11.7. The van der Waals surface area contributed by atoms with E-state index in [1.807, 2.05) is 12.1 Å². The van der Waals surface area contributed by atoms with Gasteiger partial charge in [0, 0.05) is 30.4 Å². The molecule has 2 aromatic rings. The highest BCUT2D eigenvalue weighted by atomic mass is 16.5. The monoisotopic (exact) mass is 316 g/mol. The number of nitrogens with one attached hydrogen (secondary N) is 2. The Bertz CT molecular complexity index is 634. The molecule has 122 valence electrons. The molecule has 6 heteroatoms. The van der Waals surface area contributed by atoms with Gasteiger partial charge in [-0.3, -0.25) is 0 Å². The quantitative estimate of drug-likeness (QED) is 0.765. The van der Waals surface area contributed by atoms with E-state index in [-0.39, 0.29) is 11.8 Å². The molecular weight excluding hydrogens is 296 g/mol. The van der Waals surface area contributed by atoms with E-state index in [9.17, 15) is 9.90 Å². The van der Waals surface area contributed by atoms with Gasteiger partial charge in [-0.05, 0) is 24.1 Å². The third-order valence-corrected chi connectivity index (χ3v) is 3.24. The Labute approximate surface area is 135 Å². The Hall–Kier alpha value is -2.89. The highest BCUT2D eigenvalue weighted by molar-refractivity contribution is 5.89. The molecule has 0 bridgehead atoms. The van der Waals surface area contributed by atoms with E-state index in [0.29, 0.717) is 30.2 Å². The van der Waals surface area contributed by atoms with Crippen LogP contribution in [0.1, 0.15) is 5.56 Å². The zero-order valence-corrected chi connectivity index (χ0v) is 13.1. The minimum Gasteiger partial charge on any atom is -0.508 e. The lowest BCUT2D eigenvalue weighted by atomic mass is 10.1. The molecule has 0 spiro atoms. The number of carbonyl (C=O) groups is 1. The number of carbonyl (C=O) groups excluding carboxylic acids is 1. The predicted molar refractivity (Wildman–Crippen MR) is 88.4 cm³/mol. The maximum atomic E-state index is 11.9. The average Bonchev–Trinajstić information content (AvgIpc) is 2.56. The number of methoxy groups -OCH3 is 2. The highest BCUT2D eigenvalue weighted by Crippen LogP contribution is 2.25. The van der Waals surface area contributed by atoms with Crippen molar-refractivity contribution in [3.05, 3.63) is 48.0 Å². The van der Waals surface area contributed by atoms with Crippen molar-refractivity contribution >= 4 is 11.7 Å². The lowest BCUT2D eigenvalue weighted by Gasteiger charge is -2.11. The van der Waals surface area contributed by atoms with E-state index in [0.717, 1.165) is 5.56 Å². The Balaban J connectivity index is 1.85. The third kappa shape index (κ3) is 5.10. The summed E-state index contributed by atoms with van der Waals surface area (Å²) in [5, 5.41) is 14.7. The molecule has 2 rings (SSSR count). The molecule has 0 aliphatic rings. The van der Waals surface area contributed by atoms with Crippen LogP contribution in [0.2, 0.25) is 0 Å². The van der Waals surface area contributed by atoms with Gasteiger partial charge in [-0.15, -0.1) is 0 Å². The largest absolute Gasteiger partial charge is 0.508 e. The highest BCUT2D eigenvalue weighted by Gasteiger charge is 2.05. The molecule has 2 aromatic carbocycles. The van der Waals surface area contributed by atoms with Crippen LogP contribution in [0.15, 0.2) is 42.5 Å². The Morgan fingerprint density at radius 2 is 1.65 bits per heavy atom. The van der Waals surface area contributed by atoms with Gasteiger partial charge in [0.1, 0.15) is 17.2 Å². The van der Waals surface area contributed by atoms with Crippen LogP contribution in [0.5, 0.6) is 17.2 Å². The normalized spacial score (nSPS) is 10.0. The maximum Gasteiger partial charge on any atom is 0.319 e. The second-order valence-corrected chi connectivity index (χ2v) is 4.90. The summed E-state index contributed by atoms with van der Waals surface area (Å²) in [4.78, 5) is 11.9. The Morgan fingerprint density at radius 1 is 1.04 bits per heavy atom. The van der Waals surface area contributed by atoms with Crippen LogP contribution < -0.4 is 20.1 Å². The topological polar surface area (TPSA) is 79.8 Å². The second kappa shape index (κ2) is 7.93. The summed E-state index contributed by atoms with van der Waals surface area (Å²) >= 11 is 0. The predicted octanol–water partition coefficient (Wildman–Crippen LogP) is 2.77. The lowest BCUT2D eigenvalue weighted by molar-refractivity contribution is 0.252. The first-order valence-corrected chi connectivity index (χ1v) is 7.16. The lowest BCUT2D eigenvalue weighted by Crippen LogP contribution is -2.30. The minimum atomic E-state index is -0.306. The standard InChI is InChI=1S/C17H20N2O4/c1-22-15-9-13(10-16(11-15)23-2)19-17(21)18-8-7-12-3-5-14(20)6-4-12/h3-6,9-11,20H,7-8H2,1-2H3,(H2,18,19,21). The molecule has 0 radical (unpaired) electrons. The third-order valence-electron chi connectivity index (χ3n) is 3.24. The summed E-state index contributed by atoms with van der Waals surface area (Å²) in [6.45, 7) is 0.484. The number of ether oxygens (including phenoxy) is 2. The molecule has 0 aliphatic carbocycles. The smallest absolute Gasteiger partial charge is 0.319 e. The van der Waals surface area contributed by atoms with Gasteiger partial charge in [0.25, 0.3) is 0 Å².